The Hall–Kier alpha value is -2.27. The summed E-state index contributed by atoms with van der Waals surface area (Å²) >= 11 is 4.12. The lowest BCUT2D eigenvalue weighted by atomic mass is 10.1. The molecule has 0 rings (SSSR count). The van der Waals surface area contributed by atoms with E-state index in [2.05, 4.69) is 40.1 Å². The number of amides is 4. The maximum atomic E-state index is 12.8. The minimum Gasteiger partial charge on any atom is -0.480 e. The second-order valence-corrected chi connectivity index (χ2v) is 7.85. The van der Waals surface area contributed by atoms with Crippen molar-refractivity contribution in [2.75, 3.05) is 32.7 Å². The standard InChI is InChI=1S/C21H39N5O5S/c1-7-15(19(28)24-17(20(29)30)16(32)8-2)26(11-5)21(31)23-14(6)18(27)22-12-13-25(9-3)10-4/h8,14-17,32H,2,7,9-13H2,1,3-6H3,(H,22,27)(H,23,31)(H,24,28)(H,29,30). The fourth-order valence-corrected chi connectivity index (χ4v) is 3.30. The molecule has 0 aliphatic heterocycles. The summed E-state index contributed by atoms with van der Waals surface area (Å²) in [7, 11) is 0. The van der Waals surface area contributed by atoms with Crippen molar-refractivity contribution in [2.24, 2.45) is 0 Å². The number of nitrogens with zero attached hydrogens (tertiary/aromatic N) is 2. The van der Waals surface area contributed by atoms with E-state index >= 15 is 0 Å². The minimum absolute atomic E-state index is 0.192. The van der Waals surface area contributed by atoms with E-state index in [1.54, 1.807) is 20.8 Å². The van der Waals surface area contributed by atoms with Crippen LogP contribution < -0.4 is 16.0 Å². The number of urea groups is 1. The van der Waals surface area contributed by atoms with E-state index in [1.165, 1.54) is 11.0 Å². The van der Waals surface area contributed by atoms with E-state index in [4.69, 9.17) is 0 Å². The molecule has 0 aliphatic rings. The number of rotatable bonds is 15. The molecular weight excluding hydrogens is 434 g/mol. The maximum Gasteiger partial charge on any atom is 0.327 e. The van der Waals surface area contributed by atoms with Crippen LogP contribution >= 0.6 is 12.6 Å². The lowest BCUT2D eigenvalue weighted by molar-refractivity contribution is -0.142. The van der Waals surface area contributed by atoms with Gasteiger partial charge < -0.3 is 30.9 Å². The summed E-state index contributed by atoms with van der Waals surface area (Å²) < 4.78 is 0. The van der Waals surface area contributed by atoms with Crippen LogP contribution in [0.15, 0.2) is 12.7 Å². The zero-order valence-electron chi connectivity index (χ0n) is 19.8. The van der Waals surface area contributed by atoms with Gasteiger partial charge in [0.05, 0.1) is 5.25 Å². The highest BCUT2D eigenvalue weighted by Gasteiger charge is 2.33. The molecule has 4 N–H and O–H groups in total. The fraction of sp³-hybridized carbons (Fsp3) is 0.714. The Labute approximate surface area is 196 Å². The Morgan fingerprint density at radius 2 is 1.62 bits per heavy atom. The molecule has 0 saturated carbocycles. The number of carboxylic acid groups (broad SMARTS) is 1. The number of carboxylic acids is 1. The van der Waals surface area contributed by atoms with Gasteiger partial charge in [0.15, 0.2) is 0 Å². The second-order valence-electron chi connectivity index (χ2n) is 7.25. The minimum atomic E-state index is -1.28. The van der Waals surface area contributed by atoms with Gasteiger partial charge in [0.2, 0.25) is 11.8 Å². The van der Waals surface area contributed by atoms with Gasteiger partial charge in [-0.05, 0) is 33.4 Å². The molecule has 0 aromatic heterocycles. The number of likely N-dealkylation sites (N-methyl/N-ethyl adjacent to an activating group) is 2. The van der Waals surface area contributed by atoms with Gasteiger partial charge in [-0.25, -0.2) is 9.59 Å². The number of hydrogen-bond donors (Lipinski definition) is 5. The molecule has 0 bridgehead atoms. The first-order chi connectivity index (χ1) is 15.1. The van der Waals surface area contributed by atoms with E-state index in [-0.39, 0.29) is 18.9 Å². The maximum absolute atomic E-state index is 12.8. The molecule has 0 aromatic rings. The predicted molar refractivity (Wildman–Crippen MR) is 128 cm³/mol. The molecule has 0 heterocycles. The topological polar surface area (TPSA) is 131 Å². The van der Waals surface area contributed by atoms with Gasteiger partial charge in [-0.1, -0.05) is 26.8 Å². The summed E-state index contributed by atoms with van der Waals surface area (Å²) in [5.74, 6) is -2.20. The SMILES string of the molecule is C=CC(S)C(NC(=O)C(CC)N(CC)C(=O)NC(C)C(=O)NCCN(CC)CC)C(=O)O. The first kappa shape index (κ1) is 29.7. The molecule has 4 amide bonds. The van der Waals surface area contributed by atoms with Crippen LogP contribution in [0.25, 0.3) is 0 Å². The molecule has 10 nitrogen and oxygen atoms in total. The van der Waals surface area contributed by atoms with Crippen molar-refractivity contribution in [1.82, 2.24) is 25.8 Å². The average Bonchev–Trinajstić information content (AvgIpc) is 2.77. The van der Waals surface area contributed by atoms with Crippen LogP contribution in [0.1, 0.15) is 41.0 Å². The van der Waals surface area contributed by atoms with Crippen molar-refractivity contribution < 1.29 is 24.3 Å². The molecule has 0 saturated heterocycles. The Morgan fingerprint density at radius 1 is 1.03 bits per heavy atom. The van der Waals surface area contributed by atoms with Crippen molar-refractivity contribution in [2.45, 2.75) is 64.4 Å². The van der Waals surface area contributed by atoms with Crippen molar-refractivity contribution in [3.63, 3.8) is 0 Å². The predicted octanol–water partition coefficient (Wildman–Crippen LogP) is 0.697. The molecule has 11 heteroatoms. The van der Waals surface area contributed by atoms with Crippen LogP contribution in [0.2, 0.25) is 0 Å². The van der Waals surface area contributed by atoms with E-state index in [0.717, 1.165) is 13.1 Å². The summed E-state index contributed by atoms with van der Waals surface area (Å²) in [5.41, 5.74) is 0. The third kappa shape index (κ3) is 9.47. The molecule has 0 spiro atoms. The van der Waals surface area contributed by atoms with Gasteiger partial charge in [0.25, 0.3) is 0 Å². The summed E-state index contributed by atoms with van der Waals surface area (Å²) in [4.78, 5) is 52.7. The number of hydrogen-bond acceptors (Lipinski definition) is 6. The van der Waals surface area contributed by atoms with Crippen LogP contribution in [0, 0.1) is 0 Å². The monoisotopic (exact) mass is 473 g/mol. The van der Waals surface area contributed by atoms with Gasteiger partial charge in [-0.2, -0.15) is 12.6 Å². The van der Waals surface area contributed by atoms with Crippen molar-refractivity contribution >= 4 is 36.4 Å². The molecule has 4 atom stereocenters. The normalized spacial score (nSPS) is 14.6. The number of thiol groups is 1. The molecule has 0 fully saturated rings. The smallest absolute Gasteiger partial charge is 0.327 e. The van der Waals surface area contributed by atoms with E-state index in [1.807, 2.05) is 13.8 Å². The van der Waals surface area contributed by atoms with E-state index in [0.29, 0.717) is 13.1 Å². The van der Waals surface area contributed by atoms with Crippen LogP contribution in [-0.4, -0.2) is 94.8 Å². The highest BCUT2D eigenvalue weighted by atomic mass is 32.1. The first-order valence-corrected chi connectivity index (χ1v) is 11.5. The lowest BCUT2D eigenvalue weighted by Gasteiger charge is -2.31. The second kappa shape index (κ2) is 15.5. The highest BCUT2D eigenvalue weighted by Crippen LogP contribution is 2.09. The third-order valence-corrected chi connectivity index (χ3v) is 5.68. The average molecular weight is 474 g/mol. The van der Waals surface area contributed by atoms with Gasteiger partial charge in [-0.3, -0.25) is 9.59 Å². The Morgan fingerprint density at radius 3 is 2.06 bits per heavy atom. The highest BCUT2D eigenvalue weighted by molar-refractivity contribution is 7.81. The Kier molecular flexibility index (Phi) is 14.4. The molecular formula is C21H39N5O5S. The molecule has 32 heavy (non-hydrogen) atoms. The van der Waals surface area contributed by atoms with Gasteiger partial charge in [-0.15, -0.1) is 6.58 Å². The van der Waals surface area contributed by atoms with Crippen LogP contribution in [0.5, 0.6) is 0 Å². The number of carbonyl (C=O) groups excluding carboxylic acids is 3. The van der Waals surface area contributed by atoms with Crippen molar-refractivity contribution in [3.05, 3.63) is 12.7 Å². The summed E-state index contributed by atoms with van der Waals surface area (Å²) in [6, 6.07) is -3.58. The number of carbonyl (C=O) groups is 4. The quantitative estimate of drug-likeness (QED) is 0.176. The number of aliphatic carboxylic acids is 1. The summed E-state index contributed by atoms with van der Waals surface area (Å²) in [5, 5.41) is 16.4. The molecule has 184 valence electrons. The zero-order chi connectivity index (χ0) is 24.8. The van der Waals surface area contributed by atoms with Gasteiger partial charge in [0, 0.05) is 19.6 Å². The van der Waals surface area contributed by atoms with Crippen LogP contribution in [-0.2, 0) is 14.4 Å². The first-order valence-electron chi connectivity index (χ1n) is 11.0. The van der Waals surface area contributed by atoms with Gasteiger partial charge in [0.1, 0.15) is 18.1 Å². The summed E-state index contributed by atoms with van der Waals surface area (Å²) in [6.45, 7) is 15.7. The fourth-order valence-electron chi connectivity index (χ4n) is 3.10. The molecule has 0 aliphatic carbocycles. The van der Waals surface area contributed by atoms with Crippen LogP contribution in [0.4, 0.5) is 4.79 Å². The number of nitrogens with one attached hydrogen (secondary N) is 3. The van der Waals surface area contributed by atoms with Crippen molar-refractivity contribution in [3.8, 4) is 0 Å². The largest absolute Gasteiger partial charge is 0.480 e. The Bertz CT molecular complexity index is 644. The third-order valence-electron chi connectivity index (χ3n) is 5.17. The Balaban J connectivity index is 5.07. The van der Waals surface area contributed by atoms with Gasteiger partial charge >= 0.3 is 12.0 Å². The van der Waals surface area contributed by atoms with Crippen LogP contribution in [0.3, 0.4) is 0 Å². The zero-order valence-corrected chi connectivity index (χ0v) is 20.7. The van der Waals surface area contributed by atoms with Crippen molar-refractivity contribution in [1.29, 1.82) is 0 Å². The molecule has 4 unspecified atom stereocenters. The van der Waals surface area contributed by atoms with E-state index in [9.17, 15) is 24.3 Å². The lowest BCUT2D eigenvalue weighted by Crippen LogP contribution is -2.58. The van der Waals surface area contributed by atoms with E-state index < -0.39 is 41.3 Å². The molecule has 0 aromatic carbocycles. The molecule has 0 radical (unpaired) electrons. The summed E-state index contributed by atoms with van der Waals surface area (Å²) in [6.07, 6.45) is 1.57.